The molecule has 148 valence electrons. The summed E-state index contributed by atoms with van der Waals surface area (Å²) in [5.74, 6) is 0. The first-order valence-electron chi connectivity index (χ1n) is 9.98. The summed E-state index contributed by atoms with van der Waals surface area (Å²) < 4.78 is 7.60. The van der Waals surface area contributed by atoms with Crippen LogP contribution in [0.1, 0.15) is 0 Å². The average Bonchev–Trinajstić information content (AvgIpc) is 3.14. The van der Waals surface area contributed by atoms with Gasteiger partial charge in [-0.15, -0.1) is 0 Å². The van der Waals surface area contributed by atoms with Crippen LogP contribution in [0.25, 0.3) is 22.0 Å². The molecule has 0 aliphatic rings. The minimum absolute atomic E-state index is 0.746. The Morgan fingerprint density at radius 2 is 0.733 bits per heavy atom. The molecule has 0 bridgehead atoms. The van der Waals surface area contributed by atoms with E-state index < -0.39 is 15.7 Å². The van der Waals surface area contributed by atoms with Gasteiger partial charge >= 0.3 is 0 Å². The predicted molar refractivity (Wildman–Crippen MR) is 130 cm³/mol. The average molecular weight is 427 g/mol. The van der Waals surface area contributed by atoms with Gasteiger partial charge in [0.2, 0.25) is 0 Å². The van der Waals surface area contributed by atoms with Crippen LogP contribution in [0.5, 0.6) is 0 Å². The Morgan fingerprint density at radius 3 is 1.07 bits per heavy atom. The second kappa shape index (κ2) is 8.32. The van der Waals surface area contributed by atoms with Gasteiger partial charge in [-0.3, -0.25) is 4.09 Å². The van der Waals surface area contributed by atoms with Crippen molar-refractivity contribution in [1.82, 2.24) is 13.0 Å². The topological polar surface area (TPSA) is 14.8 Å². The van der Waals surface area contributed by atoms with Gasteiger partial charge in [-0.05, 0) is 48.5 Å². The third-order valence-corrected chi connectivity index (χ3v) is 10.3. The highest BCUT2D eigenvalue weighted by Crippen LogP contribution is 2.53. The van der Waals surface area contributed by atoms with E-state index in [4.69, 9.17) is 0 Å². The SMILES string of the molecule is Cn1p(-c2ccccc2)n(-c2ccccc2)n(-c2ccccc2)p1-c1ccccc1. The Kier molecular flexibility index (Phi) is 5.24. The maximum absolute atomic E-state index is 2.58. The molecule has 0 fully saturated rings. The predicted octanol–water partition coefficient (Wildman–Crippen LogP) is 7.68. The molecule has 4 aromatic carbocycles. The van der Waals surface area contributed by atoms with Crippen LogP contribution in [0, 0.1) is 0 Å². The molecule has 0 spiro atoms. The molecule has 2 unspecified atom stereocenters. The first-order chi connectivity index (χ1) is 14.8. The van der Waals surface area contributed by atoms with Gasteiger partial charge < -0.3 is 0 Å². The van der Waals surface area contributed by atoms with Gasteiger partial charge in [-0.2, -0.15) is 0 Å². The fourth-order valence-corrected chi connectivity index (χ4v) is 9.60. The number of para-hydroxylation sites is 2. The van der Waals surface area contributed by atoms with Crippen molar-refractivity contribution in [3.8, 4) is 22.0 Å². The molecular weight excluding hydrogens is 404 g/mol. The monoisotopic (exact) mass is 427 g/mol. The van der Waals surface area contributed by atoms with Gasteiger partial charge in [0.05, 0.1) is 27.1 Å². The van der Waals surface area contributed by atoms with Crippen molar-refractivity contribution in [3.63, 3.8) is 0 Å². The molecule has 0 aliphatic heterocycles. The normalized spacial score (nSPS) is 12.0. The molecule has 5 aromatic rings. The van der Waals surface area contributed by atoms with Gasteiger partial charge in [-0.1, -0.05) is 72.8 Å². The summed E-state index contributed by atoms with van der Waals surface area (Å²) >= 11 is 0. The van der Waals surface area contributed by atoms with Crippen molar-refractivity contribution in [3.05, 3.63) is 121 Å². The van der Waals surface area contributed by atoms with E-state index in [0.717, 1.165) is 0 Å². The molecule has 1 heterocycles. The van der Waals surface area contributed by atoms with Crippen molar-refractivity contribution >= 4 is 15.7 Å². The Hall–Kier alpha value is -3.12. The molecule has 1 aromatic heterocycles. The van der Waals surface area contributed by atoms with Gasteiger partial charge in [0.15, 0.2) is 0 Å². The highest BCUT2D eigenvalue weighted by Gasteiger charge is 2.21. The lowest BCUT2D eigenvalue weighted by atomic mass is 10.3. The molecule has 0 amide bonds. The summed E-state index contributed by atoms with van der Waals surface area (Å²) in [5, 5.41) is 2.70. The van der Waals surface area contributed by atoms with Crippen LogP contribution in [-0.4, -0.2) is 13.0 Å². The summed E-state index contributed by atoms with van der Waals surface area (Å²) in [4.78, 5) is 0. The molecule has 3 nitrogen and oxygen atoms in total. The van der Waals surface area contributed by atoms with Crippen LogP contribution in [-0.2, 0) is 7.05 Å². The number of hydrogen-bond acceptors (Lipinski definition) is 0. The smallest absolute Gasteiger partial charge is 0.0832 e. The highest BCUT2D eigenvalue weighted by atomic mass is 31.1. The van der Waals surface area contributed by atoms with Crippen molar-refractivity contribution in [1.29, 1.82) is 0 Å². The third kappa shape index (κ3) is 3.37. The van der Waals surface area contributed by atoms with E-state index in [1.165, 1.54) is 22.0 Å². The summed E-state index contributed by atoms with van der Waals surface area (Å²) in [6.45, 7) is 0. The summed E-state index contributed by atoms with van der Waals surface area (Å²) in [7, 11) is 0.783. The first-order valence-corrected chi connectivity index (χ1v) is 12.5. The number of rotatable bonds is 4. The molecule has 0 aliphatic carbocycles. The van der Waals surface area contributed by atoms with E-state index in [0.29, 0.717) is 0 Å². The summed E-state index contributed by atoms with van der Waals surface area (Å²) in [6.07, 6.45) is 0. The van der Waals surface area contributed by atoms with Crippen molar-refractivity contribution in [2.24, 2.45) is 7.05 Å². The zero-order valence-corrected chi connectivity index (χ0v) is 18.6. The van der Waals surface area contributed by atoms with Gasteiger partial charge in [0.25, 0.3) is 0 Å². The Labute approximate surface area is 179 Å². The Bertz CT molecular complexity index is 1170. The molecule has 0 radical (unpaired) electrons. The minimum atomic E-state index is -0.746. The quantitative estimate of drug-likeness (QED) is 0.279. The molecule has 5 heteroatoms. The van der Waals surface area contributed by atoms with Gasteiger partial charge in [0.1, 0.15) is 0 Å². The van der Waals surface area contributed by atoms with Crippen molar-refractivity contribution in [2.45, 2.75) is 0 Å². The van der Waals surface area contributed by atoms with Gasteiger partial charge in [-0.25, -0.2) is 8.89 Å². The first kappa shape index (κ1) is 18.9. The van der Waals surface area contributed by atoms with E-state index in [9.17, 15) is 0 Å². The molecule has 0 N–H and O–H groups in total. The van der Waals surface area contributed by atoms with E-state index >= 15 is 0 Å². The lowest BCUT2D eigenvalue weighted by Crippen LogP contribution is -2.06. The number of aromatic nitrogens is 3. The molecule has 30 heavy (non-hydrogen) atoms. The molecule has 0 saturated carbocycles. The number of hydrogen-bond donors (Lipinski definition) is 0. The summed E-state index contributed by atoms with van der Waals surface area (Å²) in [6, 6.07) is 43.3. The van der Waals surface area contributed by atoms with Crippen LogP contribution < -0.4 is 0 Å². The zero-order chi connectivity index (χ0) is 20.3. The Balaban J connectivity index is 1.95. The van der Waals surface area contributed by atoms with Crippen LogP contribution in [0.4, 0.5) is 0 Å². The lowest BCUT2D eigenvalue weighted by molar-refractivity contribution is 0.857. The second-order valence-electron chi connectivity index (χ2n) is 6.99. The molecule has 0 saturated heterocycles. The largest absolute Gasteiger partial charge is 0.289 e. The maximum Gasteiger partial charge on any atom is 0.0832 e. The fraction of sp³-hybridized carbons (Fsp3) is 0.0400. The van der Waals surface area contributed by atoms with E-state index in [1.54, 1.807) is 0 Å². The third-order valence-electron chi connectivity index (χ3n) is 5.04. The van der Waals surface area contributed by atoms with E-state index in [-0.39, 0.29) is 0 Å². The number of benzene rings is 4. The molecule has 2 atom stereocenters. The van der Waals surface area contributed by atoms with Gasteiger partial charge in [0, 0.05) is 17.7 Å². The van der Waals surface area contributed by atoms with E-state index in [2.05, 4.69) is 141 Å². The lowest BCUT2D eigenvalue weighted by Gasteiger charge is -2.16. The summed E-state index contributed by atoms with van der Waals surface area (Å²) in [5.41, 5.74) is 2.42. The second-order valence-corrected chi connectivity index (χ2v) is 11.5. The Morgan fingerprint density at radius 1 is 0.433 bits per heavy atom. The standard InChI is InChI=1S/C25H23N3P2/c1-26-29(24-18-10-4-11-19-24)27(22-14-6-2-7-15-22)28(23-16-8-3-9-17-23)30(26)25-20-12-5-13-21-25/h2-21H,1H3. The maximum atomic E-state index is 2.58. The zero-order valence-electron chi connectivity index (χ0n) is 16.8. The van der Waals surface area contributed by atoms with Crippen molar-refractivity contribution in [2.75, 3.05) is 0 Å². The number of nitrogens with zero attached hydrogens (tertiary/aromatic N) is 3. The van der Waals surface area contributed by atoms with Crippen LogP contribution in [0.3, 0.4) is 0 Å². The minimum Gasteiger partial charge on any atom is -0.289 e. The fourth-order valence-electron chi connectivity index (χ4n) is 3.72. The molecular formula is C25H23N3P2. The highest BCUT2D eigenvalue weighted by molar-refractivity contribution is 7.63. The van der Waals surface area contributed by atoms with Crippen LogP contribution in [0.2, 0.25) is 0 Å². The van der Waals surface area contributed by atoms with Crippen molar-refractivity contribution < 1.29 is 0 Å². The van der Waals surface area contributed by atoms with Crippen LogP contribution in [0.15, 0.2) is 121 Å². The van der Waals surface area contributed by atoms with Crippen LogP contribution >= 0.6 is 15.7 Å². The van der Waals surface area contributed by atoms with E-state index in [1.807, 2.05) is 0 Å². The molecule has 5 rings (SSSR count).